The number of hydrogen-bond donors (Lipinski definition) is 3. The number of aliphatic hydroxyl groups is 1. The molecule has 0 atom stereocenters. The molecule has 0 aromatic heterocycles. The fraction of sp³-hybridized carbons (Fsp3) is 0.500. The van der Waals surface area contributed by atoms with Gasteiger partial charge in [-0.2, -0.15) is 8.78 Å². The van der Waals surface area contributed by atoms with Gasteiger partial charge in [0.05, 0.1) is 18.0 Å². The number of nitrogen functional groups attached to an aromatic ring is 1. The third-order valence-corrected chi connectivity index (χ3v) is 3.27. The van der Waals surface area contributed by atoms with E-state index in [4.69, 9.17) is 10.8 Å². The van der Waals surface area contributed by atoms with Crippen molar-refractivity contribution >= 4 is 11.4 Å². The lowest BCUT2D eigenvalue weighted by atomic mass is 10.1. The van der Waals surface area contributed by atoms with E-state index in [-0.39, 0.29) is 17.7 Å². The van der Waals surface area contributed by atoms with E-state index in [1.165, 1.54) is 0 Å². The second kappa shape index (κ2) is 5.16. The van der Waals surface area contributed by atoms with Crippen LogP contribution in [0.5, 0.6) is 5.75 Å². The molecule has 1 aromatic carbocycles. The van der Waals surface area contributed by atoms with Gasteiger partial charge in [0, 0.05) is 24.1 Å². The monoisotopic (exact) mass is 276 g/mol. The van der Waals surface area contributed by atoms with Crippen molar-refractivity contribution in [2.75, 3.05) is 24.2 Å². The number of anilines is 2. The quantitative estimate of drug-likeness (QED) is 0.697. The summed E-state index contributed by atoms with van der Waals surface area (Å²) in [7, 11) is 0. The SMILES string of the molecule is Nc1cc(F)c(OC(F)F)cc1NCC1(CO)CC1. The molecule has 4 nitrogen and oxygen atoms in total. The summed E-state index contributed by atoms with van der Waals surface area (Å²) in [4.78, 5) is 0. The number of aliphatic hydroxyl groups excluding tert-OH is 1. The zero-order valence-corrected chi connectivity index (χ0v) is 10.1. The highest BCUT2D eigenvalue weighted by Crippen LogP contribution is 2.45. The first-order chi connectivity index (χ1) is 8.96. The van der Waals surface area contributed by atoms with Crippen LogP contribution in [0.4, 0.5) is 24.5 Å². The number of ether oxygens (including phenoxy) is 1. The summed E-state index contributed by atoms with van der Waals surface area (Å²) in [6.45, 7) is -2.60. The van der Waals surface area contributed by atoms with Gasteiger partial charge in [0.1, 0.15) is 0 Å². The molecule has 0 aliphatic heterocycles. The van der Waals surface area contributed by atoms with Crippen molar-refractivity contribution in [3.8, 4) is 5.75 Å². The van der Waals surface area contributed by atoms with Crippen LogP contribution in [0, 0.1) is 11.2 Å². The van der Waals surface area contributed by atoms with Gasteiger partial charge < -0.3 is 20.9 Å². The molecule has 1 aliphatic carbocycles. The van der Waals surface area contributed by atoms with E-state index in [1.807, 2.05) is 0 Å². The first-order valence-electron chi connectivity index (χ1n) is 5.84. The molecule has 0 saturated heterocycles. The molecular weight excluding hydrogens is 261 g/mol. The molecule has 0 radical (unpaired) electrons. The Morgan fingerprint density at radius 2 is 2.11 bits per heavy atom. The molecule has 4 N–H and O–H groups in total. The highest BCUT2D eigenvalue weighted by Gasteiger charge is 2.41. The van der Waals surface area contributed by atoms with E-state index in [0.29, 0.717) is 12.2 Å². The van der Waals surface area contributed by atoms with Gasteiger partial charge in [-0.3, -0.25) is 0 Å². The largest absolute Gasteiger partial charge is 0.432 e. The van der Waals surface area contributed by atoms with Gasteiger partial charge in [-0.05, 0) is 12.8 Å². The molecule has 19 heavy (non-hydrogen) atoms. The predicted octanol–water partition coefficient (Wildman–Crippen LogP) is 2.19. The van der Waals surface area contributed by atoms with Crippen LogP contribution in [0.25, 0.3) is 0 Å². The third-order valence-electron chi connectivity index (χ3n) is 3.27. The van der Waals surface area contributed by atoms with Gasteiger partial charge in [0.15, 0.2) is 11.6 Å². The normalized spacial score (nSPS) is 16.5. The van der Waals surface area contributed by atoms with Crippen LogP contribution in [0.15, 0.2) is 12.1 Å². The minimum atomic E-state index is -3.10. The molecule has 0 unspecified atom stereocenters. The Balaban J connectivity index is 2.10. The van der Waals surface area contributed by atoms with Crippen molar-refractivity contribution < 1.29 is 23.0 Å². The Labute approximate surface area is 108 Å². The maximum atomic E-state index is 13.3. The van der Waals surface area contributed by atoms with Crippen LogP contribution in [-0.4, -0.2) is 24.9 Å². The summed E-state index contributed by atoms with van der Waals surface area (Å²) in [5, 5.41) is 12.1. The molecule has 1 fully saturated rings. The van der Waals surface area contributed by atoms with Crippen molar-refractivity contribution in [3.63, 3.8) is 0 Å². The van der Waals surface area contributed by atoms with Crippen LogP contribution in [-0.2, 0) is 0 Å². The summed E-state index contributed by atoms with van der Waals surface area (Å²) >= 11 is 0. The predicted molar refractivity (Wildman–Crippen MR) is 64.7 cm³/mol. The molecule has 7 heteroatoms. The fourth-order valence-electron chi connectivity index (χ4n) is 1.76. The molecule has 0 amide bonds. The molecule has 0 heterocycles. The van der Waals surface area contributed by atoms with E-state index >= 15 is 0 Å². The summed E-state index contributed by atoms with van der Waals surface area (Å²) in [6.07, 6.45) is 1.77. The van der Waals surface area contributed by atoms with E-state index in [0.717, 1.165) is 25.0 Å². The maximum absolute atomic E-state index is 13.3. The van der Waals surface area contributed by atoms with E-state index < -0.39 is 18.2 Å². The molecule has 0 spiro atoms. The lowest BCUT2D eigenvalue weighted by Gasteiger charge is -2.16. The molecule has 1 aliphatic rings. The van der Waals surface area contributed by atoms with Crippen molar-refractivity contribution in [3.05, 3.63) is 17.9 Å². The van der Waals surface area contributed by atoms with Crippen LogP contribution in [0.1, 0.15) is 12.8 Å². The second-order valence-electron chi connectivity index (χ2n) is 4.76. The van der Waals surface area contributed by atoms with Crippen molar-refractivity contribution in [1.82, 2.24) is 0 Å². The molecule has 1 aromatic rings. The first-order valence-corrected chi connectivity index (χ1v) is 5.84. The van der Waals surface area contributed by atoms with Crippen LogP contribution < -0.4 is 15.8 Å². The van der Waals surface area contributed by atoms with Crippen LogP contribution in [0.2, 0.25) is 0 Å². The number of nitrogens with one attached hydrogen (secondary N) is 1. The summed E-state index contributed by atoms with van der Waals surface area (Å²) in [5.74, 6) is -1.49. The Bertz CT molecular complexity index is 465. The highest BCUT2D eigenvalue weighted by atomic mass is 19.3. The Hall–Kier alpha value is -1.63. The first kappa shape index (κ1) is 13.8. The number of alkyl halides is 2. The summed E-state index contributed by atoms with van der Waals surface area (Å²) in [5.41, 5.74) is 5.85. The number of halogens is 3. The zero-order chi connectivity index (χ0) is 14.0. The van der Waals surface area contributed by atoms with Crippen molar-refractivity contribution in [2.24, 2.45) is 5.41 Å². The van der Waals surface area contributed by atoms with Crippen molar-refractivity contribution in [1.29, 1.82) is 0 Å². The minimum Gasteiger partial charge on any atom is -0.432 e. The van der Waals surface area contributed by atoms with Gasteiger partial charge >= 0.3 is 6.61 Å². The molecule has 1 saturated carbocycles. The molecule has 2 rings (SSSR count). The average Bonchev–Trinajstić information content (AvgIpc) is 3.11. The van der Waals surface area contributed by atoms with Gasteiger partial charge in [-0.1, -0.05) is 0 Å². The lowest BCUT2D eigenvalue weighted by molar-refractivity contribution is -0.0521. The summed E-state index contributed by atoms with van der Waals surface area (Å²) < 4.78 is 41.6. The Morgan fingerprint density at radius 1 is 1.42 bits per heavy atom. The standard InChI is InChI=1S/C12H15F3N2O2/c13-7-3-8(16)9(4-10(7)19-11(14)15)17-5-12(6-18)1-2-12/h3-4,11,17-18H,1-2,5-6,16H2. The number of hydrogen-bond acceptors (Lipinski definition) is 4. The molecule has 0 bridgehead atoms. The van der Waals surface area contributed by atoms with E-state index in [2.05, 4.69) is 10.1 Å². The Morgan fingerprint density at radius 3 is 2.63 bits per heavy atom. The lowest BCUT2D eigenvalue weighted by Crippen LogP contribution is -2.19. The van der Waals surface area contributed by atoms with Crippen molar-refractivity contribution in [2.45, 2.75) is 19.5 Å². The van der Waals surface area contributed by atoms with Crippen LogP contribution in [0.3, 0.4) is 0 Å². The topological polar surface area (TPSA) is 67.5 Å². The number of rotatable bonds is 6. The molecular formula is C12H15F3N2O2. The van der Waals surface area contributed by atoms with Crippen LogP contribution >= 0.6 is 0 Å². The number of benzene rings is 1. The van der Waals surface area contributed by atoms with Gasteiger partial charge in [-0.25, -0.2) is 4.39 Å². The minimum absolute atomic E-state index is 0.0431. The van der Waals surface area contributed by atoms with E-state index in [9.17, 15) is 13.2 Å². The maximum Gasteiger partial charge on any atom is 0.387 e. The zero-order valence-electron chi connectivity index (χ0n) is 10.1. The summed E-state index contributed by atoms with van der Waals surface area (Å²) in [6, 6.07) is 2.03. The fourth-order valence-corrected chi connectivity index (χ4v) is 1.76. The average molecular weight is 276 g/mol. The van der Waals surface area contributed by atoms with Gasteiger partial charge in [0.25, 0.3) is 0 Å². The van der Waals surface area contributed by atoms with E-state index in [1.54, 1.807) is 0 Å². The van der Waals surface area contributed by atoms with Gasteiger partial charge in [0.2, 0.25) is 0 Å². The second-order valence-corrected chi connectivity index (χ2v) is 4.76. The third kappa shape index (κ3) is 3.23. The van der Waals surface area contributed by atoms with Gasteiger partial charge in [-0.15, -0.1) is 0 Å². The molecule has 106 valence electrons. The number of nitrogens with two attached hydrogens (primary N) is 1. The smallest absolute Gasteiger partial charge is 0.387 e. The Kier molecular flexibility index (Phi) is 3.75. The highest BCUT2D eigenvalue weighted by molar-refractivity contribution is 5.68.